The Kier molecular flexibility index (Phi) is 6.11. The van der Waals surface area contributed by atoms with E-state index in [4.69, 9.17) is 4.74 Å². The fourth-order valence-electron chi connectivity index (χ4n) is 2.40. The van der Waals surface area contributed by atoms with Gasteiger partial charge >= 0.3 is 0 Å². The molecule has 0 saturated carbocycles. The van der Waals surface area contributed by atoms with E-state index >= 15 is 0 Å². The number of nitrogens with zero attached hydrogens (tertiary/aromatic N) is 1. The van der Waals surface area contributed by atoms with Crippen molar-refractivity contribution in [1.82, 2.24) is 4.90 Å². The van der Waals surface area contributed by atoms with Crippen LogP contribution in [0.25, 0.3) is 0 Å². The van der Waals surface area contributed by atoms with Crippen LogP contribution >= 0.6 is 0 Å². The normalized spacial score (nSPS) is 16.2. The molecule has 0 aliphatic carbocycles. The van der Waals surface area contributed by atoms with Crippen molar-refractivity contribution < 1.29 is 18.3 Å². The molecule has 1 saturated heterocycles. The van der Waals surface area contributed by atoms with E-state index in [0.717, 1.165) is 51.0 Å². The minimum atomic E-state index is -0.882. The highest BCUT2D eigenvalue weighted by atomic mass is 19.2. The zero-order valence-electron chi connectivity index (χ0n) is 12.1. The number of ether oxygens (including phenoxy) is 1. The topological polar surface area (TPSA) is 29.5 Å². The molecule has 1 aliphatic rings. The highest BCUT2D eigenvalue weighted by Crippen LogP contribution is 2.16. The summed E-state index contributed by atoms with van der Waals surface area (Å²) >= 11 is 0. The summed E-state index contributed by atoms with van der Waals surface area (Å²) in [6.07, 6.45) is 4.33. The standard InChI is InChI=1S/C16H21F2NO2/c17-15-5-4-14(12-16(15)18)21-11-3-1-2-8-19-9-6-13(20)7-10-19/h4-5,12H,1-3,6-11H2. The van der Waals surface area contributed by atoms with Crippen molar-refractivity contribution in [2.45, 2.75) is 32.1 Å². The first-order valence-electron chi connectivity index (χ1n) is 7.47. The summed E-state index contributed by atoms with van der Waals surface area (Å²) in [6, 6.07) is 3.57. The van der Waals surface area contributed by atoms with Crippen LogP contribution in [0.15, 0.2) is 18.2 Å². The lowest BCUT2D eigenvalue weighted by Gasteiger charge is -2.25. The summed E-state index contributed by atoms with van der Waals surface area (Å²) in [4.78, 5) is 13.4. The number of unbranched alkanes of at least 4 members (excludes halogenated alkanes) is 2. The number of hydrogen-bond acceptors (Lipinski definition) is 3. The number of Topliss-reactive ketones (excluding diaryl/α,β-unsaturated/α-hetero) is 1. The molecule has 1 heterocycles. The van der Waals surface area contributed by atoms with Gasteiger partial charge in [0.1, 0.15) is 11.5 Å². The third-order valence-electron chi connectivity index (χ3n) is 3.69. The van der Waals surface area contributed by atoms with Gasteiger partial charge in [-0.3, -0.25) is 4.79 Å². The summed E-state index contributed by atoms with van der Waals surface area (Å²) in [5, 5.41) is 0. The lowest BCUT2D eigenvalue weighted by atomic mass is 10.1. The summed E-state index contributed by atoms with van der Waals surface area (Å²) in [5.41, 5.74) is 0. The Morgan fingerprint density at radius 2 is 1.81 bits per heavy atom. The van der Waals surface area contributed by atoms with Gasteiger partial charge < -0.3 is 9.64 Å². The minimum Gasteiger partial charge on any atom is -0.493 e. The van der Waals surface area contributed by atoms with Crippen molar-refractivity contribution in [3.8, 4) is 5.75 Å². The summed E-state index contributed by atoms with van der Waals surface area (Å²) < 4.78 is 31.1. The van der Waals surface area contributed by atoms with Crippen molar-refractivity contribution in [3.05, 3.63) is 29.8 Å². The fourth-order valence-corrected chi connectivity index (χ4v) is 2.40. The van der Waals surface area contributed by atoms with E-state index in [1.54, 1.807) is 0 Å². The van der Waals surface area contributed by atoms with Gasteiger partial charge in [0.25, 0.3) is 0 Å². The number of carbonyl (C=O) groups is 1. The molecule has 21 heavy (non-hydrogen) atoms. The predicted molar refractivity (Wildman–Crippen MR) is 76.4 cm³/mol. The van der Waals surface area contributed by atoms with Crippen LogP contribution in [0.4, 0.5) is 8.78 Å². The Hall–Kier alpha value is -1.49. The molecule has 1 fully saturated rings. The van der Waals surface area contributed by atoms with Gasteiger partial charge in [0.15, 0.2) is 11.6 Å². The Balaban J connectivity index is 1.53. The van der Waals surface area contributed by atoms with Gasteiger partial charge in [0.05, 0.1) is 6.61 Å². The number of ketones is 1. The lowest BCUT2D eigenvalue weighted by Crippen LogP contribution is -2.34. The maximum atomic E-state index is 13.0. The average Bonchev–Trinajstić information content (AvgIpc) is 2.48. The first kappa shape index (κ1) is 15.9. The molecule has 0 spiro atoms. The first-order chi connectivity index (χ1) is 10.1. The van der Waals surface area contributed by atoms with Crippen molar-refractivity contribution in [2.24, 2.45) is 0 Å². The number of carbonyl (C=O) groups excluding carboxylic acids is 1. The highest BCUT2D eigenvalue weighted by molar-refractivity contribution is 5.79. The van der Waals surface area contributed by atoms with Crippen molar-refractivity contribution in [3.63, 3.8) is 0 Å². The molecule has 1 aliphatic heterocycles. The van der Waals surface area contributed by atoms with Crippen molar-refractivity contribution >= 4 is 5.78 Å². The van der Waals surface area contributed by atoms with Crippen LogP contribution in [0.2, 0.25) is 0 Å². The number of likely N-dealkylation sites (tertiary alicyclic amines) is 1. The van der Waals surface area contributed by atoms with Crippen LogP contribution in [0.5, 0.6) is 5.75 Å². The number of halogens is 2. The molecule has 0 radical (unpaired) electrons. The van der Waals surface area contributed by atoms with Crippen LogP contribution in [-0.4, -0.2) is 36.9 Å². The third-order valence-corrected chi connectivity index (χ3v) is 3.69. The molecule has 0 atom stereocenters. The molecule has 1 aromatic rings. The summed E-state index contributed by atoms with van der Waals surface area (Å²) in [6.45, 7) is 3.27. The van der Waals surface area contributed by atoms with E-state index < -0.39 is 11.6 Å². The molecule has 116 valence electrons. The monoisotopic (exact) mass is 297 g/mol. The van der Waals surface area contributed by atoms with Crippen LogP contribution < -0.4 is 4.74 Å². The maximum absolute atomic E-state index is 13.0. The zero-order valence-corrected chi connectivity index (χ0v) is 12.1. The smallest absolute Gasteiger partial charge is 0.162 e. The summed E-state index contributed by atoms with van der Waals surface area (Å²) in [7, 11) is 0. The Morgan fingerprint density at radius 3 is 2.52 bits per heavy atom. The Labute approximate surface area is 123 Å². The van der Waals surface area contributed by atoms with Gasteiger partial charge in [0, 0.05) is 32.0 Å². The molecule has 0 aromatic heterocycles. The second-order valence-electron chi connectivity index (χ2n) is 5.37. The molecule has 1 aromatic carbocycles. The molecule has 5 heteroatoms. The van der Waals surface area contributed by atoms with Crippen LogP contribution in [0, 0.1) is 11.6 Å². The predicted octanol–water partition coefficient (Wildman–Crippen LogP) is 3.18. The number of hydrogen-bond donors (Lipinski definition) is 0. The Morgan fingerprint density at radius 1 is 1.05 bits per heavy atom. The minimum absolute atomic E-state index is 0.364. The van der Waals surface area contributed by atoms with Gasteiger partial charge in [-0.2, -0.15) is 0 Å². The van der Waals surface area contributed by atoms with E-state index in [1.807, 2.05) is 0 Å². The van der Waals surface area contributed by atoms with Gasteiger partial charge in [0.2, 0.25) is 0 Å². The lowest BCUT2D eigenvalue weighted by molar-refractivity contribution is -0.121. The molecule has 0 N–H and O–H groups in total. The fraction of sp³-hybridized carbons (Fsp3) is 0.562. The molecule has 2 rings (SSSR count). The van der Waals surface area contributed by atoms with Crippen LogP contribution in [-0.2, 0) is 4.79 Å². The van der Waals surface area contributed by atoms with Gasteiger partial charge in [-0.15, -0.1) is 0 Å². The first-order valence-corrected chi connectivity index (χ1v) is 7.47. The van der Waals surface area contributed by atoms with Gasteiger partial charge in [-0.1, -0.05) is 0 Å². The molecule has 0 bridgehead atoms. The van der Waals surface area contributed by atoms with Crippen LogP contribution in [0.3, 0.4) is 0 Å². The highest BCUT2D eigenvalue weighted by Gasteiger charge is 2.14. The zero-order chi connectivity index (χ0) is 15.1. The van der Waals surface area contributed by atoms with Crippen LogP contribution in [0.1, 0.15) is 32.1 Å². The van der Waals surface area contributed by atoms with E-state index in [2.05, 4.69) is 4.90 Å². The number of rotatable bonds is 7. The van der Waals surface area contributed by atoms with Gasteiger partial charge in [-0.25, -0.2) is 8.78 Å². The molecule has 0 amide bonds. The number of piperidine rings is 1. The Bertz CT molecular complexity index is 469. The molecular formula is C16H21F2NO2. The van der Waals surface area contributed by atoms with Crippen molar-refractivity contribution in [2.75, 3.05) is 26.2 Å². The molecule has 3 nitrogen and oxygen atoms in total. The van der Waals surface area contributed by atoms with E-state index in [9.17, 15) is 13.6 Å². The van der Waals surface area contributed by atoms with E-state index in [0.29, 0.717) is 31.0 Å². The molecule has 0 unspecified atom stereocenters. The third kappa shape index (κ3) is 5.42. The largest absolute Gasteiger partial charge is 0.493 e. The average molecular weight is 297 g/mol. The van der Waals surface area contributed by atoms with Gasteiger partial charge in [-0.05, 0) is 37.9 Å². The maximum Gasteiger partial charge on any atom is 0.162 e. The second kappa shape index (κ2) is 8.08. The van der Waals surface area contributed by atoms with E-state index in [1.165, 1.54) is 6.07 Å². The van der Waals surface area contributed by atoms with E-state index in [-0.39, 0.29) is 0 Å². The van der Waals surface area contributed by atoms with Crippen molar-refractivity contribution in [1.29, 1.82) is 0 Å². The SMILES string of the molecule is O=C1CCN(CCCCCOc2ccc(F)c(F)c2)CC1. The second-order valence-corrected chi connectivity index (χ2v) is 5.37. The summed E-state index contributed by atoms with van der Waals surface area (Å²) in [5.74, 6) is -1.01. The molecular weight excluding hydrogens is 276 g/mol. The quantitative estimate of drug-likeness (QED) is 0.724. The number of benzene rings is 1.